The topological polar surface area (TPSA) is 89.6 Å². The van der Waals surface area contributed by atoms with Gasteiger partial charge in [-0.1, -0.05) is 54.6 Å². The van der Waals surface area contributed by atoms with Gasteiger partial charge in [0, 0.05) is 31.4 Å². The maximum atomic E-state index is 12.3. The van der Waals surface area contributed by atoms with Gasteiger partial charge >= 0.3 is 0 Å². The van der Waals surface area contributed by atoms with Crippen LogP contribution in [-0.4, -0.2) is 42.2 Å². The third-order valence-corrected chi connectivity index (χ3v) is 5.99. The lowest BCUT2D eigenvalue weighted by atomic mass is 9.88. The Bertz CT molecular complexity index is 1100. The van der Waals surface area contributed by atoms with Gasteiger partial charge in [0.15, 0.2) is 0 Å². The average molecular weight is 504 g/mol. The first-order chi connectivity index (χ1) is 17.9. The van der Waals surface area contributed by atoms with Crippen molar-refractivity contribution in [2.75, 3.05) is 13.1 Å². The average Bonchev–Trinajstić information content (AvgIpc) is 2.92. The molecule has 1 amide bonds. The Labute approximate surface area is 219 Å². The number of amides is 1. The van der Waals surface area contributed by atoms with Gasteiger partial charge < -0.3 is 20.1 Å². The van der Waals surface area contributed by atoms with Gasteiger partial charge in [-0.2, -0.15) is 0 Å². The largest absolute Gasteiger partial charge is 0.462 e. The third-order valence-electron chi connectivity index (χ3n) is 5.99. The molecule has 1 aromatic heterocycles. The van der Waals surface area contributed by atoms with E-state index in [1.54, 1.807) is 24.5 Å². The Kier molecular flexibility index (Phi) is 10.8. The van der Waals surface area contributed by atoms with E-state index >= 15 is 0 Å². The molecule has 0 bridgehead atoms. The van der Waals surface area contributed by atoms with E-state index < -0.39 is 0 Å². The van der Waals surface area contributed by atoms with Crippen LogP contribution in [0.1, 0.15) is 60.2 Å². The van der Waals surface area contributed by atoms with Gasteiger partial charge in [0.1, 0.15) is 5.60 Å². The van der Waals surface area contributed by atoms with Gasteiger partial charge in [-0.05, 0) is 62.6 Å². The van der Waals surface area contributed by atoms with E-state index in [2.05, 4.69) is 56.8 Å². The highest BCUT2D eigenvalue weighted by Gasteiger charge is 2.27. The highest BCUT2D eigenvalue weighted by molar-refractivity contribution is 5.93. The minimum Gasteiger partial charge on any atom is -0.462 e. The first kappa shape index (κ1) is 28.0. The lowest BCUT2D eigenvalue weighted by molar-refractivity contribution is -0.138. The van der Waals surface area contributed by atoms with Crippen molar-refractivity contribution in [1.82, 2.24) is 15.6 Å². The monoisotopic (exact) mass is 503 g/mol. The summed E-state index contributed by atoms with van der Waals surface area (Å²) < 4.78 is 10.9. The van der Waals surface area contributed by atoms with E-state index in [-0.39, 0.29) is 17.6 Å². The van der Waals surface area contributed by atoms with E-state index in [9.17, 15) is 9.59 Å². The van der Waals surface area contributed by atoms with Crippen LogP contribution >= 0.6 is 0 Å². The van der Waals surface area contributed by atoms with Crippen LogP contribution in [0.4, 0.5) is 0 Å². The van der Waals surface area contributed by atoms with Gasteiger partial charge in [0.05, 0.1) is 18.3 Å². The van der Waals surface area contributed by atoms with Crippen LogP contribution in [0, 0.1) is 0 Å². The van der Waals surface area contributed by atoms with Gasteiger partial charge in [0.25, 0.3) is 12.4 Å². The molecule has 2 N–H and O–H groups in total. The number of nitrogens with zero attached hydrogens (tertiary/aromatic N) is 1. The summed E-state index contributed by atoms with van der Waals surface area (Å²) in [5.74, 6) is 0.268. The van der Waals surface area contributed by atoms with Gasteiger partial charge in [-0.15, -0.1) is 0 Å². The van der Waals surface area contributed by atoms with Gasteiger partial charge in [0.2, 0.25) is 0 Å². The van der Waals surface area contributed by atoms with Crippen molar-refractivity contribution in [1.29, 1.82) is 0 Å². The first-order valence-electron chi connectivity index (χ1n) is 12.6. The van der Waals surface area contributed by atoms with Gasteiger partial charge in [-0.3, -0.25) is 14.6 Å². The second kappa shape index (κ2) is 14.3. The van der Waals surface area contributed by atoms with Crippen LogP contribution in [0.25, 0.3) is 0 Å². The number of nitrogens with one attached hydrogen (secondary N) is 2. The lowest BCUT2D eigenvalue weighted by Crippen LogP contribution is -2.41. The van der Waals surface area contributed by atoms with Crippen LogP contribution in [0.2, 0.25) is 0 Å². The molecule has 1 fully saturated rings. The number of hydrogen-bond donors (Lipinski definition) is 2. The smallest absolute Gasteiger partial charge is 0.293 e. The second-order valence-electron chi connectivity index (χ2n) is 9.88. The lowest BCUT2D eigenvalue weighted by Gasteiger charge is -2.32. The number of aromatic nitrogens is 1. The van der Waals surface area contributed by atoms with Crippen LogP contribution in [0.5, 0.6) is 0 Å². The van der Waals surface area contributed by atoms with E-state index in [1.165, 1.54) is 5.56 Å². The number of rotatable bonds is 8. The number of pyridine rings is 1. The van der Waals surface area contributed by atoms with Crippen molar-refractivity contribution in [3.63, 3.8) is 0 Å². The van der Waals surface area contributed by atoms with E-state index in [0.29, 0.717) is 31.1 Å². The van der Waals surface area contributed by atoms with E-state index in [0.717, 1.165) is 30.6 Å². The summed E-state index contributed by atoms with van der Waals surface area (Å²) in [4.78, 5) is 25.9. The first-order valence-corrected chi connectivity index (χ1v) is 12.6. The molecule has 2 atom stereocenters. The summed E-state index contributed by atoms with van der Waals surface area (Å²) in [6.45, 7) is 8.76. The highest BCUT2D eigenvalue weighted by Crippen LogP contribution is 2.28. The SMILES string of the molecule is CC(C)(C)OC=O.O=C(NCc1ccccc1COC1CNCCC1c1ccccc1)c1cccnc1. The number of hydrogen-bond acceptors (Lipinski definition) is 6. The predicted molar refractivity (Wildman–Crippen MR) is 144 cm³/mol. The Balaban J connectivity index is 0.000000479. The van der Waals surface area contributed by atoms with Crippen molar-refractivity contribution in [3.8, 4) is 0 Å². The maximum Gasteiger partial charge on any atom is 0.293 e. The summed E-state index contributed by atoms with van der Waals surface area (Å²) in [6.07, 6.45) is 4.42. The third kappa shape index (κ3) is 9.44. The number of ether oxygens (including phenoxy) is 2. The fourth-order valence-corrected chi connectivity index (χ4v) is 4.07. The zero-order chi connectivity index (χ0) is 26.5. The molecule has 1 saturated heterocycles. The summed E-state index contributed by atoms with van der Waals surface area (Å²) in [7, 11) is 0. The number of carbonyl (C=O) groups is 2. The summed E-state index contributed by atoms with van der Waals surface area (Å²) in [5.41, 5.74) is 3.74. The van der Waals surface area contributed by atoms with Crippen LogP contribution in [0.3, 0.4) is 0 Å². The molecule has 1 aliphatic heterocycles. The molecule has 7 heteroatoms. The molecular formula is C30H37N3O4. The molecule has 7 nitrogen and oxygen atoms in total. The standard InChI is InChI=1S/C25H27N3O2.C5H10O2/c29-25(21-11-6-13-26-15-21)28-16-20-9-4-5-10-22(20)18-30-24-17-27-14-12-23(24)19-7-2-1-3-8-19;1-5(2,3)7-4-6/h1-11,13,15,23-24,27H,12,14,16-18H2,(H,28,29);4H,1-3H3. The minimum absolute atomic E-state index is 0.124. The second-order valence-corrected chi connectivity index (χ2v) is 9.88. The Morgan fingerprint density at radius 3 is 2.43 bits per heavy atom. The quantitative estimate of drug-likeness (QED) is 0.436. The minimum atomic E-state index is -0.318. The zero-order valence-corrected chi connectivity index (χ0v) is 21.9. The maximum absolute atomic E-state index is 12.3. The summed E-state index contributed by atoms with van der Waals surface area (Å²) in [5, 5.41) is 6.44. The van der Waals surface area contributed by atoms with Crippen molar-refractivity contribution < 1.29 is 19.1 Å². The molecule has 0 radical (unpaired) electrons. The summed E-state index contributed by atoms with van der Waals surface area (Å²) in [6, 6.07) is 22.2. The Hall–Kier alpha value is -3.55. The van der Waals surface area contributed by atoms with Crippen LogP contribution in [0.15, 0.2) is 79.1 Å². The van der Waals surface area contributed by atoms with E-state index in [4.69, 9.17) is 4.74 Å². The molecule has 1 aliphatic rings. The van der Waals surface area contributed by atoms with Crippen LogP contribution in [-0.2, 0) is 27.4 Å². The number of piperidine rings is 1. The number of benzene rings is 2. The zero-order valence-electron chi connectivity index (χ0n) is 21.9. The molecule has 4 rings (SSSR count). The summed E-state index contributed by atoms with van der Waals surface area (Å²) >= 11 is 0. The van der Waals surface area contributed by atoms with E-state index in [1.807, 2.05) is 39.0 Å². The van der Waals surface area contributed by atoms with Crippen LogP contribution < -0.4 is 10.6 Å². The molecule has 0 aliphatic carbocycles. The van der Waals surface area contributed by atoms with Crippen molar-refractivity contribution in [2.24, 2.45) is 0 Å². The Morgan fingerprint density at radius 1 is 1.05 bits per heavy atom. The predicted octanol–water partition coefficient (Wildman–Crippen LogP) is 4.63. The van der Waals surface area contributed by atoms with Gasteiger partial charge in [-0.25, -0.2) is 0 Å². The van der Waals surface area contributed by atoms with Crippen molar-refractivity contribution >= 4 is 12.4 Å². The molecule has 2 aromatic carbocycles. The number of carbonyl (C=O) groups excluding carboxylic acids is 2. The molecular weight excluding hydrogens is 466 g/mol. The molecule has 3 aromatic rings. The molecule has 196 valence electrons. The Morgan fingerprint density at radius 2 is 1.78 bits per heavy atom. The fraction of sp³-hybridized carbons (Fsp3) is 0.367. The van der Waals surface area contributed by atoms with Crippen molar-refractivity contribution in [2.45, 2.75) is 58.0 Å². The molecule has 2 heterocycles. The normalized spacial score (nSPS) is 17.2. The highest BCUT2D eigenvalue weighted by atomic mass is 16.5. The molecule has 0 saturated carbocycles. The van der Waals surface area contributed by atoms with Crippen molar-refractivity contribution in [3.05, 3.63) is 101 Å². The molecule has 37 heavy (non-hydrogen) atoms. The molecule has 0 spiro atoms. The molecule has 2 unspecified atom stereocenters. The fourth-order valence-electron chi connectivity index (χ4n) is 4.07.